The van der Waals surface area contributed by atoms with Gasteiger partial charge in [0, 0.05) is 12.1 Å². The molecule has 2 aromatic carbocycles. The molecule has 3 aromatic rings. The average Bonchev–Trinajstić information content (AvgIpc) is 3.22. The number of carbonyl (C=O) groups is 1. The van der Waals surface area contributed by atoms with Crippen LogP contribution in [-0.4, -0.2) is 46.9 Å². The number of rotatable bonds is 7. The van der Waals surface area contributed by atoms with Gasteiger partial charge < -0.3 is 19.5 Å². The van der Waals surface area contributed by atoms with Gasteiger partial charge in [-0.1, -0.05) is 17.7 Å². The monoisotopic (exact) mass is 389 g/mol. The van der Waals surface area contributed by atoms with Gasteiger partial charge in [-0.25, -0.2) is 4.68 Å². The fraction of sp³-hybridized carbons (Fsp3) is 0.176. The van der Waals surface area contributed by atoms with Crippen molar-refractivity contribution in [1.29, 1.82) is 0 Å². The van der Waals surface area contributed by atoms with Crippen molar-refractivity contribution in [2.45, 2.75) is 0 Å². The first-order valence-electron chi connectivity index (χ1n) is 7.78. The molecule has 0 bridgehead atoms. The Hall–Kier alpha value is -3.33. The Morgan fingerprint density at radius 2 is 2.00 bits per heavy atom. The number of tetrazole rings is 1. The summed E-state index contributed by atoms with van der Waals surface area (Å²) < 4.78 is 17.4. The van der Waals surface area contributed by atoms with Crippen LogP contribution in [-0.2, 0) is 4.79 Å². The van der Waals surface area contributed by atoms with Gasteiger partial charge >= 0.3 is 0 Å². The summed E-state index contributed by atoms with van der Waals surface area (Å²) >= 11 is 6.10. The van der Waals surface area contributed by atoms with Gasteiger partial charge in [0.25, 0.3) is 5.91 Å². The van der Waals surface area contributed by atoms with Crippen LogP contribution in [0, 0.1) is 0 Å². The molecule has 10 heteroatoms. The van der Waals surface area contributed by atoms with E-state index in [-0.39, 0.29) is 12.5 Å². The summed E-state index contributed by atoms with van der Waals surface area (Å²) in [6, 6.07) is 10.2. The number of ether oxygens (including phenoxy) is 3. The van der Waals surface area contributed by atoms with Crippen LogP contribution in [0.15, 0.2) is 42.7 Å². The topological polar surface area (TPSA) is 100 Å². The zero-order valence-corrected chi connectivity index (χ0v) is 15.3. The van der Waals surface area contributed by atoms with E-state index in [2.05, 4.69) is 20.8 Å². The third-order valence-electron chi connectivity index (χ3n) is 3.55. The molecule has 1 aromatic heterocycles. The Morgan fingerprint density at radius 3 is 2.70 bits per heavy atom. The van der Waals surface area contributed by atoms with Gasteiger partial charge in [0.05, 0.1) is 30.6 Å². The molecule has 0 radical (unpaired) electrons. The van der Waals surface area contributed by atoms with Crippen LogP contribution in [0.5, 0.6) is 17.2 Å². The van der Waals surface area contributed by atoms with Gasteiger partial charge in [0.1, 0.15) is 23.6 Å². The van der Waals surface area contributed by atoms with Crippen molar-refractivity contribution in [3.8, 4) is 22.9 Å². The van der Waals surface area contributed by atoms with E-state index >= 15 is 0 Å². The molecule has 140 valence electrons. The molecule has 0 aliphatic carbocycles. The third kappa shape index (κ3) is 4.45. The SMILES string of the molecule is COc1cc(OC)c(NC(=O)COc2cccc(-n3cnnn3)c2)cc1Cl. The van der Waals surface area contributed by atoms with Crippen LogP contribution in [0.1, 0.15) is 0 Å². The van der Waals surface area contributed by atoms with Crippen molar-refractivity contribution in [3.63, 3.8) is 0 Å². The minimum atomic E-state index is -0.373. The molecule has 3 rings (SSSR count). The van der Waals surface area contributed by atoms with Crippen molar-refractivity contribution < 1.29 is 19.0 Å². The van der Waals surface area contributed by atoms with Gasteiger partial charge in [-0.3, -0.25) is 4.79 Å². The van der Waals surface area contributed by atoms with Gasteiger partial charge in [-0.2, -0.15) is 0 Å². The van der Waals surface area contributed by atoms with Gasteiger partial charge in [0.2, 0.25) is 0 Å². The van der Waals surface area contributed by atoms with Crippen LogP contribution < -0.4 is 19.5 Å². The maximum absolute atomic E-state index is 12.2. The normalized spacial score (nSPS) is 10.3. The molecule has 9 nitrogen and oxygen atoms in total. The van der Waals surface area contributed by atoms with E-state index in [1.54, 1.807) is 30.3 Å². The van der Waals surface area contributed by atoms with E-state index < -0.39 is 0 Å². The van der Waals surface area contributed by atoms with Crippen LogP contribution >= 0.6 is 11.6 Å². The van der Waals surface area contributed by atoms with Crippen molar-refractivity contribution in [2.24, 2.45) is 0 Å². The predicted octanol–water partition coefficient (Wildman–Crippen LogP) is 2.35. The number of nitrogens with one attached hydrogen (secondary N) is 1. The number of carbonyl (C=O) groups excluding carboxylic acids is 1. The molecule has 0 atom stereocenters. The fourth-order valence-corrected chi connectivity index (χ4v) is 2.53. The van der Waals surface area contributed by atoms with E-state index in [1.165, 1.54) is 25.2 Å². The van der Waals surface area contributed by atoms with Gasteiger partial charge in [-0.05, 0) is 28.6 Å². The summed E-state index contributed by atoms with van der Waals surface area (Å²) in [5.74, 6) is 0.993. The van der Waals surface area contributed by atoms with Crippen LogP contribution in [0.3, 0.4) is 0 Å². The lowest BCUT2D eigenvalue weighted by atomic mass is 10.2. The Balaban J connectivity index is 1.65. The maximum atomic E-state index is 12.2. The number of hydrogen-bond acceptors (Lipinski definition) is 7. The molecule has 0 fully saturated rings. The minimum absolute atomic E-state index is 0.203. The fourth-order valence-electron chi connectivity index (χ4n) is 2.29. The van der Waals surface area contributed by atoms with Gasteiger partial charge in [-0.15, -0.1) is 5.10 Å². The van der Waals surface area contributed by atoms with E-state index in [0.29, 0.717) is 33.6 Å². The van der Waals surface area contributed by atoms with Crippen molar-refractivity contribution >= 4 is 23.2 Å². The number of nitrogens with zero attached hydrogens (tertiary/aromatic N) is 4. The highest BCUT2D eigenvalue weighted by Gasteiger charge is 2.13. The highest BCUT2D eigenvalue weighted by Crippen LogP contribution is 2.35. The maximum Gasteiger partial charge on any atom is 0.262 e. The largest absolute Gasteiger partial charge is 0.495 e. The van der Waals surface area contributed by atoms with Crippen molar-refractivity contribution in [3.05, 3.63) is 47.7 Å². The summed E-state index contributed by atoms with van der Waals surface area (Å²) in [7, 11) is 2.98. The first-order valence-corrected chi connectivity index (χ1v) is 8.16. The second-order valence-electron chi connectivity index (χ2n) is 5.28. The van der Waals surface area contributed by atoms with E-state index in [4.69, 9.17) is 25.8 Å². The number of halogens is 1. The molecule has 0 aliphatic heterocycles. The summed E-state index contributed by atoms with van der Waals surface area (Å²) in [5.41, 5.74) is 1.13. The lowest BCUT2D eigenvalue weighted by Crippen LogP contribution is -2.20. The van der Waals surface area contributed by atoms with Crippen molar-refractivity contribution in [1.82, 2.24) is 20.2 Å². The molecule has 0 unspecified atom stereocenters. The zero-order chi connectivity index (χ0) is 19.2. The number of methoxy groups -OCH3 is 2. The van der Waals surface area contributed by atoms with Crippen LogP contribution in [0.4, 0.5) is 5.69 Å². The summed E-state index contributed by atoms with van der Waals surface area (Å²) in [5, 5.41) is 14.0. The van der Waals surface area contributed by atoms with Gasteiger partial charge in [0.15, 0.2) is 6.61 Å². The van der Waals surface area contributed by atoms with Crippen molar-refractivity contribution in [2.75, 3.05) is 26.1 Å². The Morgan fingerprint density at radius 1 is 1.19 bits per heavy atom. The second kappa shape index (κ2) is 8.37. The number of anilines is 1. The second-order valence-corrected chi connectivity index (χ2v) is 5.68. The molecule has 27 heavy (non-hydrogen) atoms. The molecule has 0 spiro atoms. The standard InChI is InChI=1S/C17H16ClN5O4/c1-25-15-8-16(26-2)14(7-13(15)18)20-17(24)9-27-12-5-3-4-11(6-12)23-10-19-21-22-23/h3-8,10H,9H2,1-2H3,(H,20,24). The molecule has 1 amide bonds. The Bertz CT molecular complexity index is 933. The zero-order valence-electron chi connectivity index (χ0n) is 14.5. The summed E-state index contributed by atoms with van der Waals surface area (Å²) in [6.07, 6.45) is 1.46. The first kappa shape index (κ1) is 18.5. The molecule has 1 N–H and O–H groups in total. The average molecular weight is 390 g/mol. The molecular weight excluding hydrogens is 374 g/mol. The predicted molar refractivity (Wildman–Crippen MR) is 97.8 cm³/mol. The number of hydrogen-bond donors (Lipinski definition) is 1. The minimum Gasteiger partial charge on any atom is -0.495 e. The van der Waals surface area contributed by atoms with E-state index in [0.717, 1.165) is 0 Å². The Labute approximate surface area is 159 Å². The summed E-state index contributed by atoms with van der Waals surface area (Å²) in [6.45, 7) is -0.203. The molecule has 0 aliphatic rings. The molecule has 1 heterocycles. The van der Waals surface area contributed by atoms with Crippen LogP contribution in [0.2, 0.25) is 5.02 Å². The lowest BCUT2D eigenvalue weighted by molar-refractivity contribution is -0.118. The van der Waals surface area contributed by atoms with Crippen LogP contribution in [0.25, 0.3) is 5.69 Å². The number of aromatic nitrogens is 4. The number of benzene rings is 2. The quantitative estimate of drug-likeness (QED) is 0.661. The first-order chi connectivity index (χ1) is 13.1. The smallest absolute Gasteiger partial charge is 0.262 e. The lowest BCUT2D eigenvalue weighted by Gasteiger charge is -2.13. The summed E-state index contributed by atoms with van der Waals surface area (Å²) in [4.78, 5) is 12.2. The molecule has 0 saturated carbocycles. The molecular formula is C17H16ClN5O4. The van der Waals surface area contributed by atoms with E-state index in [1.807, 2.05) is 6.07 Å². The Kier molecular flexibility index (Phi) is 5.72. The highest BCUT2D eigenvalue weighted by molar-refractivity contribution is 6.32. The number of amides is 1. The third-order valence-corrected chi connectivity index (χ3v) is 3.84. The van der Waals surface area contributed by atoms with E-state index in [9.17, 15) is 4.79 Å². The molecule has 0 saturated heterocycles. The highest BCUT2D eigenvalue weighted by atomic mass is 35.5.